The summed E-state index contributed by atoms with van der Waals surface area (Å²) in [6.07, 6.45) is 6.44. The molecule has 1 aliphatic heterocycles. The Balaban J connectivity index is 1.20. The van der Waals surface area contributed by atoms with Gasteiger partial charge < -0.3 is 10.2 Å². The minimum atomic E-state index is -3.66. The van der Waals surface area contributed by atoms with Crippen molar-refractivity contribution in [1.29, 1.82) is 0 Å². The van der Waals surface area contributed by atoms with Crippen LogP contribution in [0.2, 0.25) is 0 Å². The molecule has 1 atom stereocenters. The Morgan fingerprint density at radius 1 is 1.10 bits per heavy atom. The molecule has 1 spiro atoms. The molecule has 3 aromatic heterocycles. The third-order valence-electron chi connectivity index (χ3n) is 8.22. The summed E-state index contributed by atoms with van der Waals surface area (Å²) in [5.41, 5.74) is 3.18. The Morgan fingerprint density at radius 3 is 2.67 bits per heavy atom. The molecule has 206 valence electrons. The van der Waals surface area contributed by atoms with E-state index < -0.39 is 21.6 Å². The molecule has 6 rings (SSSR count). The van der Waals surface area contributed by atoms with Crippen LogP contribution in [0.4, 0.5) is 10.2 Å². The number of fused-ring (bicyclic) bond motifs is 1. The summed E-state index contributed by atoms with van der Waals surface area (Å²) in [7, 11) is -3.66. The van der Waals surface area contributed by atoms with Gasteiger partial charge in [0.15, 0.2) is 9.84 Å². The third-order valence-corrected chi connectivity index (χ3v) is 9.31. The minimum Gasteiger partial charge on any atom is -0.356 e. The van der Waals surface area contributed by atoms with Crippen molar-refractivity contribution >= 4 is 32.5 Å². The molecule has 4 heterocycles. The quantitative estimate of drug-likeness (QED) is 0.362. The van der Waals surface area contributed by atoms with Gasteiger partial charge in [-0.25, -0.2) is 22.8 Å². The van der Waals surface area contributed by atoms with Crippen LogP contribution in [-0.2, 0) is 16.4 Å². The number of sulfone groups is 1. The number of halogens is 1. The van der Waals surface area contributed by atoms with Gasteiger partial charge in [-0.3, -0.25) is 9.78 Å². The normalized spacial score (nSPS) is 18.2. The molecule has 1 saturated carbocycles. The second-order valence-corrected chi connectivity index (χ2v) is 13.1. The fourth-order valence-corrected chi connectivity index (χ4v) is 6.17. The molecule has 2 aliphatic rings. The fourth-order valence-electron chi connectivity index (χ4n) is 5.50. The fraction of sp³-hybridized carbons (Fsp3) is 0.333. The predicted octanol–water partition coefficient (Wildman–Crippen LogP) is 4.79. The lowest BCUT2D eigenvalue weighted by atomic mass is 9.84. The van der Waals surface area contributed by atoms with Crippen molar-refractivity contribution in [2.24, 2.45) is 11.3 Å². The van der Waals surface area contributed by atoms with Crippen molar-refractivity contribution < 1.29 is 17.6 Å². The van der Waals surface area contributed by atoms with Crippen LogP contribution in [0.25, 0.3) is 22.3 Å². The number of nitrogens with zero attached hydrogens (tertiary/aromatic N) is 4. The molecular formula is C30H30FN5O3S. The molecule has 2 fully saturated rings. The van der Waals surface area contributed by atoms with Gasteiger partial charge in [0.05, 0.1) is 34.0 Å². The molecular weight excluding hydrogens is 529 g/mol. The highest BCUT2D eigenvalue weighted by molar-refractivity contribution is 7.90. The lowest BCUT2D eigenvalue weighted by Gasteiger charge is -2.38. The van der Waals surface area contributed by atoms with Gasteiger partial charge in [0, 0.05) is 36.5 Å². The number of piperidine rings is 1. The maximum atomic E-state index is 13.9. The van der Waals surface area contributed by atoms with E-state index in [1.807, 2.05) is 24.3 Å². The van der Waals surface area contributed by atoms with Crippen LogP contribution in [0.5, 0.6) is 0 Å². The van der Waals surface area contributed by atoms with Crippen LogP contribution in [0.15, 0.2) is 65.7 Å². The van der Waals surface area contributed by atoms with Crippen LogP contribution >= 0.6 is 0 Å². The first kappa shape index (κ1) is 26.3. The van der Waals surface area contributed by atoms with E-state index in [-0.39, 0.29) is 17.0 Å². The number of benzene rings is 1. The first-order valence-electron chi connectivity index (χ1n) is 13.4. The van der Waals surface area contributed by atoms with Crippen LogP contribution < -0.4 is 10.2 Å². The number of carbonyl (C=O) groups is 1. The van der Waals surface area contributed by atoms with Gasteiger partial charge in [0.1, 0.15) is 11.6 Å². The average Bonchev–Trinajstić information content (AvgIpc) is 3.72. The molecule has 0 unspecified atom stereocenters. The Hall–Kier alpha value is -3.92. The van der Waals surface area contributed by atoms with Gasteiger partial charge in [0.2, 0.25) is 0 Å². The van der Waals surface area contributed by atoms with E-state index in [0.29, 0.717) is 16.6 Å². The summed E-state index contributed by atoms with van der Waals surface area (Å²) in [6.45, 7) is 4.50. The van der Waals surface area contributed by atoms with E-state index in [1.54, 1.807) is 12.3 Å². The summed E-state index contributed by atoms with van der Waals surface area (Å²) in [6, 6.07) is 14.8. The molecule has 1 N–H and O–H groups in total. The van der Waals surface area contributed by atoms with Gasteiger partial charge in [-0.15, -0.1) is 0 Å². The van der Waals surface area contributed by atoms with Crippen molar-refractivity contribution in [1.82, 2.24) is 20.3 Å². The van der Waals surface area contributed by atoms with Gasteiger partial charge in [-0.1, -0.05) is 13.0 Å². The van der Waals surface area contributed by atoms with Gasteiger partial charge in [-0.05, 0) is 79.1 Å². The average molecular weight is 560 g/mol. The number of carbonyl (C=O) groups excluding carboxylic acids is 1. The molecule has 0 bridgehead atoms. The van der Waals surface area contributed by atoms with Crippen molar-refractivity contribution in [3.63, 3.8) is 0 Å². The summed E-state index contributed by atoms with van der Waals surface area (Å²) >= 11 is 0. The van der Waals surface area contributed by atoms with Crippen molar-refractivity contribution in [3.05, 3.63) is 77.9 Å². The van der Waals surface area contributed by atoms with E-state index in [0.717, 1.165) is 66.1 Å². The van der Waals surface area contributed by atoms with Crippen molar-refractivity contribution in [2.75, 3.05) is 24.2 Å². The SMILES string of the molecule is C[C@H]1CCN(c2cccc(-c3ccc4cnc(CNC(=O)c5cc(F)cc(S(C)(=O)=O)c5)cc4n3)n2)CC12CC2. The van der Waals surface area contributed by atoms with Crippen LogP contribution in [0.3, 0.4) is 0 Å². The highest BCUT2D eigenvalue weighted by atomic mass is 32.2. The monoisotopic (exact) mass is 559 g/mol. The van der Waals surface area contributed by atoms with Crippen LogP contribution in [0, 0.1) is 17.2 Å². The number of amides is 1. The second kappa shape index (κ2) is 9.92. The topological polar surface area (TPSA) is 105 Å². The summed E-state index contributed by atoms with van der Waals surface area (Å²) in [5.74, 6) is 0.342. The van der Waals surface area contributed by atoms with E-state index in [2.05, 4.69) is 28.2 Å². The van der Waals surface area contributed by atoms with Crippen molar-refractivity contribution in [3.8, 4) is 11.4 Å². The number of aromatic nitrogens is 3. The Kier molecular flexibility index (Phi) is 6.53. The zero-order chi connectivity index (χ0) is 28.1. The highest BCUT2D eigenvalue weighted by Gasteiger charge is 2.50. The van der Waals surface area contributed by atoms with Crippen LogP contribution in [0.1, 0.15) is 42.2 Å². The Morgan fingerprint density at radius 2 is 1.90 bits per heavy atom. The second-order valence-electron chi connectivity index (χ2n) is 11.0. The number of nitrogens with one attached hydrogen (secondary N) is 1. The van der Waals surface area contributed by atoms with Crippen molar-refractivity contribution in [2.45, 2.75) is 37.6 Å². The molecule has 8 nitrogen and oxygen atoms in total. The summed E-state index contributed by atoms with van der Waals surface area (Å²) < 4.78 is 37.6. The Bertz CT molecular complexity index is 1740. The maximum Gasteiger partial charge on any atom is 0.251 e. The molecule has 1 amide bonds. The first-order valence-corrected chi connectivity index (χ1v) is 15.3. The first-order chi connectivity index (χ1) is 19.1. The highest BCUT2D eigenvalue weighted by Crippen LogP contribution is 2.55. The number of anilines is 1. The smallest absolute Gasteiger partial charge is 0.251 e. The zero-order valence-corrected chi connectivity index (χ0v) is 23.2. The van der Waals surface area contributed by atoms with Gasteiger partial charge >= 0.3 is 0 Å². The Labute approximate surface area is 232 Å². The largest absolute Gasteiger partial charge is 0.356 e. The predicted molar refractivity (Wildman–Crippen MR) is 151 cm³/mol. The molecule has 40 heavy (non-hydrogen) atoms. The molecule has 1 aromatic carbocycles. The maximum absolute atomic E-state index is 13.9. The zero-order valence-electron chi connectivity index (χ0n) is 22.4. The minimum absolute atomic E-state index is 0.0638. The van der Waals surface area contributed by atoms with Gasteiger partial charge in [0.25, 0.3) is 5.91 Å². The molecule has 1 aliphatic carbocycles. The van der Waals surface area contributed by atoms with E-state index in [9.17, 15) is 17.6 Å². The van der Waals surface area contributed by atoms with E-state index >= 15 is 0 Å². The number of pyridine rings is 3. The van der Waals surface area contributed by atoms with Gasteiger partial charge in [-0.2, -0.15) is 0 Å². The van der Waals surface area contributed by atoms with E-state index in [1.165, 1.54) is 19.3 Å². The third kappa shape index (κ3) is 5.28. The molecule has 1 saturated heterocycles. The number of hydrogen-bond donors (Lipinski definition) is 1. The standard InChI is InChI=1S/C30H30FN5O3S/c1-19-8-11-36(18-30(19)9-10-30)28-5-3-4-25(35-28)26-7-6-20-16-32-23(15-27(20)34-26)17-33-29(37)21-12-22(31)14-24(13-21)40(2,38)39/h3-7,12-16,19H,8-11,17-18H2,1-2H3,(H,33,37)/t19-/m0/s1. The molecule has 4 aromatic rings. The summed E-state index contributed by atoms with van der Waals surface area (Å²) in [5, 5.41) is 3.53. The van der Waals surface area contributed by atoms with Crippen LogP contribution in [-0.4, -0.2) is 48.6 Å². The summed E-state index contributed by atoms with van der Waals surface area (Å²) in [4.78, 5) is 29.0. The lowest BCUT2D eigenvalue weighted by Crippen LogP contribution is -2.41. The molecule has 0 radical (unpaired) electrons. The number of rotatable bonds is 6. The lowest BCUT2D eigenvalue weighted by molar-refractivity contribution is 0.0949. The van der Waals surface area contributed by atoms with E-state index in [4.69, 9.17) is 9.97 Å². The number of hydrogen-bond acceptors (Lipinski definition) is 7. The molecule has 10 heteroatoms.